The number of aliphatic hydroxyl groups is 2. The Hall–Kier alpha value is -2.26. The molecule has 0 bridgehead atoms. The van der Waals surface area contributed by atoms with Gasteiger partial charge in [-0.1, -0.05) is 6.92 Å². The number of aliphatic hydroxyl groups excluding tert-OH is 2. The molecule has 0 unspecified atom stereocenters. The molecule has 0 saturated carbocycles. The van der Waals surface area contributed by atoms with Crippen molar-refractivity contribution in [3.8, 4) is 11.5 Å². The van der Waals surface area contributed by atoms with Crippen LogP contribution in [0.2, 0.25) is 0 Å². The lowest BCUT2D eigenvalue weighted by Crippen LogP contribution is -2.56. The second kappa shape index (κ2) is 15.5. The van der Waals surface area contributed by atoms with E-state index in [-0.39, 0.29) is 25.5 Å². The van der Waals surface area contributed by atoms with Crippen molar-refractivity contribution >= 4 is 40.7 Å². The van der Waals surface area contributed by atoms with Crippen LogP contribution in [0.5, 0.6) is 11.5 Å². The highest BCUT2D eigenvalue weighted by Crippen LogP contribution is 2.37. The number of aldehydes is 1. The number of rotatable bonds is 13. The van der Waals surface area contributed by atoms with E-state index in [1.54, 1.807) is 17.0 Å². The second-order valence-electron chi connectivity index (χ2n) is 9.46. The molecular weight excluding hydrogens is 621 g/mol. The predicted octanol–water partition coefficient (Wildman–Crippen LogP) is 0.989. The summed E-state index contributed by atoms with van der Waals surface area (Å²) in [5.74, 6) is 0.125. The number of hydrogen-bond acceptors (Lipinski definition) is 9. The fourth-order valence-electron chi connectivity index (χ4n) is 4.74. The first-order valence-corrected chi connectivity index (χ1v) is 14.3. The topological polar surface area (TPSA) is 138 Å². The summed E-state index contributed by atoms with van der Waals surface area (Å²) < 4.78 is 17.7. The molecular formula is C27H38IN3O8. The van der Waals surface area contributed by atoms with E-state index in [9.17, 15) is 24.6 Å². The van der Waals surface area contributed by atoms with Gasteiger partial charge in [-0.25, -0.2) is 0 Å². The quantitative estimate of drug-likeness (QED) is 0.209. The van der Waals surface area contributed by atoms with Gasteiger partial charge in [-0.15, -0.1) is 0 Å². The van der Waals surface area contributed by atoms with Crippen LogP contribution < -0.4 is 14.8 Å². The molecule has 1 aromatic rings. The number of carbonyl (C=O) groups excluding carboxylic acids is 3. The van der Waals surface area contributed by atoms with E-state index in [2.05, 4.69) is 10.2 Å². The van der Waals surface area contributed by atoms with Crippen molar-refractivity contribution in [1.29, 1.82) is 0 Å². The third kappa shape index (κ3) is 8.37. The van der Waals surface area contributed by atoms with Gasteiger partial charge in [0, 0.05) is 56.7 Å². The van der Waals surface area contributed by atoms with E-state index >= 15 is 0 Å². The molecule has 1 saturated heterocycles. The van der Waals surface area contributed by atoms with Gasteiger partial charge in [-0.3, -0.25) is 19.3 Å². The van der Waals surface area contributed by atoms with Crippen molar-refractivity contribution in [1.82, 2.24) is 15.1 Å². The summed E-state index contributed by atoms with van der Waals surface area (Å²) in [5, 5.41) is 23.4. The maximum absolute atomic E-state index is 13.3. The van der Waals surface area contributed by atoms with Crippen molar-refractivity contribution in [2.75, 3.05) is 59.7 Å². The normalized spacial score (nSPS) is 21.6. The monoisotopic (exact) mass is 659 g/mol. The third-order valence-corrected chi connectivity index (χ3v) is 7.60. The highest BCUT2D eigenvalue weighted by molar-refractivity contribution is 14.1. The number of ether oxygens (including phenoxy) is 3. The maximum Gasteiger partial charge on any atom is 0.247 e. The highest BCUT2D eigenvalue weighted by Gasteiger charge is 2.40. The van der Waals surface area contributed by atoms with E-state index in [0.717, 1.165) is 13.1 Å². The Balaban J connectivity index is 1.94. The average Bonchev–Trinajstić information content (AvgIpc) is 2.94. The highest BCUT2D eigenvalue weighted by atomic mass is 127. The van der Waals surface area contributed by atoms with Crippen LogP contribution in [0.4, 0.5) is 0 Å². The SMILES string of the molecule is CCCC(=O)N(CCN1CCOCC1)[C@@H]1CC(C(=O)NCCO)=C[C@H](Oc2c(I)cc(C=O)cc2OC)[C@H]1O. The first kappa shape index (κ1) is 31.3. The maximum atomic E-state index is 13.3. The van der Waals surface area contributed by atoms with Gasteiger partial charge < -0.3 is 34.6 Å². The molecule has 1 aliphatic heterocycles. The number of morpholine rings is 1. The molecule has 0 spiro atoms. The van der Waals surface area contributed by atoms with Crippen LogP contribution in [0.1, 0.15) is 36.5 Å². The molecule has 39 heavy (non-hydrogen) atoms. The standard InChI is InChI=1S/C27H38IN3O8/c1-3-4-24(34)31(7-6-30-8-11-38-12-9-30)21-15-19(27(36)29-5-10-32)16-22(25(21)35)39-26-20(28)13-18(17-33)14-23(26)37-2/h13-14,16-17,21-22,25,32,35H,3-12,15H2,1-2H3,(H,29,36)/t21-,22+,25+/m1/s1. The second-order valence-corrected chi connectivity index (χ2v) is 10.6. The van der Waals surface area contributed by atoms with Gasteiger partial charge in [0.05, 0.1) is 36.5 Å². The van der Waals surface area contributed by atoms with Crippen LogP contribution in [-0.4, -0.2) is 116 Å². The van der Waals surface area contributed by atoms with Crippen LogP contribution in [0, 0.1) is 3.57 Å². The molecule has 1 fully saturated rings. The molecule has 0 aromatic heterocycles. The van der Waals surface area contributed by atoms with Gasteiger partial charge in [0.25, 0.3) is 0 Å². The number of amides is 2. The molecule has 3 N–H and O–H groups in total. The zero-order valence-electron chi connectivity index (χ0n) is 22.4. The molecule has 11 nitrogen and oxygen atoms in total. The first-order chi connectivity index (χ1) is 18.8. The van der Waals surface area contributed by atoms with Crippen LogP contribution >= 0.6 is 22.6 Å². The number of nitrogens with one attached hydrogen (secondary N) is 1. The van der Waals surface area contributed by atoms with Gasteiger partial charge >= 0.3 is 0 Å². The molecule has 2 aliphatic rings. The van der Waals surface area contributed by atoms with Gasteiger partial charge in [-0.2, -0.15) is 0 Å². The van der Waals surface area contributed by atoms with E-state index in [1.807, 2.05) is 29.5 Å². The zero-order valence-corrected chi connectivity index (χ0v) is 24.6. The summed E-state index contributed by atoms with van der Waals surface area (Å²) >= 11 is 2.02. The first-order valence-electron chi connectivity index (χ1n) is 13.2. The Labute approximate surface area is 242 Å². The lowest BCUT2D eigenvalue weighted by molar-refractivity contribution is -0.139. The number of benzene rings is 1. The number of halogens is 1. The molecule has 2 amide bonds. The average molecular weight is 660 g/mol. The fraction of sp³-hybridized carbons (Fsp3) is 0.593. The van der Waals surface area contributed by atoms with Gasteiger partial charge in [-0.05, 0) is 47.2 Å². The lowest BCUT2D eigenvalue weighted by atomic mass is 9.88. The minimum absolute atomic E-state index is 0.0727. The smallest absolute Gasteiger partial charge is 0.247 e. The Kier molecular flexibility index (Phi) is 12.4. The van der Waals surface area contributed by atoms with Crippen molar-refractivity contribution in [3.05, 3.63) is 32.9 Å². The molecule has 0 radical (unpaired) electrons. The van der Waals surface area contributed by atoms with Crippen LogP contribution in [0.25, 0.3) is 0 Å². The number of nitrogens with zero attached hydrogens (tertiary/aromatic N) is 2. The van der Waals surface area contributed by atoms with Crippen LogP contribution in [0.3, 0.4) is 0 Å². The Morgan fingerprint density at radius 3 is 2.69 bits per heavy atom. The third-order valence-electron chi connectivity index (χ3n) is 6.80. The molecule has 3 atom stereocenters. The largest absolute Gasteiger partial charge is 0.493 e. The Bertz CT molecular complexity index is 1030. The summed E-state index contributed by atoms with van der Waals surface area (Å²) in [6.45, 7) is 5.56. The summed E-state index contributed by atoms with van der Waals surface area (Å²) in [4.78, 5) is 41.5. The van der Waals surface area contributed by atoms with Crippen molar-refractivity contribution < 1.29 is 38.8 Å². The van der Waals surface area contributed by atoms with Crippen molar-refractivity contribution in [2.24, 2.45) is 0 Å². The van der Waals surface area contributed by atoms with Gasteiger partial charge in [0.15, 0.2) is 11.5 Å². The van der Waals surface area contributed by atoms with E-state index < -0.39 is 24.2 Å². The minimum Gasteiger partial charge on any atom is -0.493 e. The summed E-state index contributed by atoms with van der Waals surface area (Å²) in [7, 11) is 1.45. The zero-order chi connectivity index (χ0) is 28.4. The van der Waals surface area contributed by atoms with Crippen LogP contribution in [0.15, 0.2) is 23.8 Å². The Morgan fingerprint density at radius 2 is 2.05 bits per heavy atom. The Morgan fingerprint density at radius 1 is 1.31 bits per heavy atom. The molecule has 1 aliphatic carbocycles. The molecule has 216 valence electrons. The van der Waals surface area contributed by atoms with E-state index in [4.69, 9.17) is 14.2 Å². The van der Waals surface area contributed by atoms with E-state index in [1.165, 1.54) is 13.2 Å². The summed E-state index contributed by atoms with van der Waals surface area (Å²) in [6, 6.07) is 2.46. The number of carbonyl (C=O) groups is 3. The molecule has 1 heterocycles. The fourth-order valence-corrected chi connectivity index (χ4v) is 5.50. The number of methoxy groups -OCH3 is 1. The molecule has 1 aromatic carbocycles. The molecule has 3 rings (SSSR count). The van der Waals surface area contributed by atoms with Crippen molar-refractivity contribution in [3.63, 3.8) is 0 Å². The van der Waals surface area contributed by atoms with E-state index in [0.29, 0.717) is 71.6 Å². The summed E-state index contributed by atoms with van der Waals surface area (Å²) in [5.41, 5.74) is 0.757. The lowest BCUT2D eigenvalue weighted by Gasteiger charge is -2.41. The number of hydrogen-bond donors (Lipinski definition) is 3. The van der Waals surface area contributed by atoms with Gasteiger partial charge in [0.1, 0.15) is 18.5 Å². The van der Waals surface area contributed by atoms with Crippen molar-refractivity contribution in [2.45, 2.75) is 44.4 Å². The minimum atomic E-state index is -1.14. The summed E-state index contributed by atoms with van der Waals surface area (Å²) in [6.07, 6.45) is 1.23. The van der Waals surface area contributed by atoms with Crippen LogP contribution in [-0.2, 0) is 14.3 Å². The predicted molar refractivity (Wildman–Crippen MR) is 152 cm³/mol. The molecule has 12 heteroatoms. The van der Waals surface area contributed by atoms with Gasteiger partial charge in [0.2, 0.25) is 11.8 Å².